The van der Waals surface area contributed by atoms with Gasteiger partial charge < -0.3 is 14.4 Å². The van der Waals surface area contributed by atoms with Crippen molar-refractivity contribution in [3.05, 3.63) is 81.0 Å². The van der Waals surface area contributed by atoms with Crippen LogP contribution in [-0.2, 0) is 19.6 Å². The van der Waals surface area contributed by atoms with Crippen molar-refractivity contribution in [1.29, 1.82) is 0 Å². The fraction of sp³-hybridized carbons (Fsp3) is 0.250. The summed E-state index contributed by atoms with van der Waals surface area (Å²) in [6, 6.07) is 13.0. The fourth-order valence-electron chi connectivity index (χ4n) is 2.95. The van der Waals surface area contributed by atoms with Gasteiger partial charge in [0.15, 0.2) is 0 Å². The molecule has 3 aromatic rings. The second-order valence-corrected chi connectivity index (χ2v) is 6.23. The molecule has 0 saturated carbocycles. The predicted molar refractivity (Wildman–Crippen MR) is 93.8 cm³/mol. The predicted octanol–water partition coefficient (Wildman–Crippen LogP) is 2.88. The van der Waals surface area contributed by atoms with Gasteiger partial charge in [0.1, 0.15) is 11.4 Å². The fourth-order valence-corrected chi connectivity index (χ4v) is 2.95. The molecule has 3 rings (SSSR count). The van der Waals surface area contributed by atoms with Gasteiger partial charge in [0.25, 0.3) is 0 Å². The van der Waals surface area contributed by atoms with Crippen LogP contribution in [0.25, 0.3) is 11.0 Å². The lowest BCUT2D eigenvalue weighted by molar-refractivity contribution is 0.275. The monoisotopic (exact) mass is 340 g/mol. The molecule has 0 aliphatic carbocycles. The van der Waals surface area contributed by atoms with Gasteiger partial charge in [0.05, 0.1) is 6.61 Å². The maximum Gasteiger partial charge on any atom is 0.340 e. The number of rotatable bonds is 5. The summed E-state index contributed by atoms with van der Waals surface area (Å²) in [5.41, 5.74) is 1.82. The van der Waals surface area contributed by atoms with Crippen molar-refractivity contribution in [3.63, 3.8) is 0 Å². The third-order valence-corrected chi connectivity index (χ3v) is 4.14. The van der Waals surface area contributed by atoms with Gasteiger partial charge in [0.2, 0.25) is 0 Å². The molecule has 0 aliphatic heterocycles. The molecule has 0 amide bonds. The Kier molecular flexibility index (Phi) is 4.97. The van der Waals surface area contributed by atoms with E-state index in [1.54, 1.807) is 24.3 Å². The number of benzene rings is 2. The normalized spacial score (nSPS) is 11.4. The van der Waals surface area contributed by atoms with E-state index in [4.69, 9.17) is 4.42 Å². The SMILES string of the molecule is CN(C)Cc1c(Cc2cccc(CO)c2F)c(=O)oc2c[c]ccc12. The molecule has 1 heterocycles. The second-order valence-electron chi connectivity index (χ2n) is 6.23. The third-order valence-electron chi connectivity index (χ3n) is 4.14. The van der Waals surface area contributed by atoms with E-state index in [0.717, 1.165) is 10.9 Å². The lowest BCUT2D eigenvalue weighted by Gasteiger charge is -2.16. The Labute approximate surface area is 145 Å². The molecule has 1 radical (unpaired) electrons. The van der Waals surface area contributed by atoms with Crippen LogP contribution in [0.5, 0.6) is 0 Å². The van der Waals surface area contributed by atoms with Crippen molar-refractivity contribution in [2.45, 2.75) is 19.6 Å². The molecular formula is C20H19FNO3. The van der Waals surface area contributed by atoms with Crippen molar-refractivity contribution >= 4 is 11.0 Å². The van der Waals surface area contributed by atoms with Crippen molar-refractivity contribution in [1.82, 2.24) is 4.90 Å². The topological polar surface area (TPSA) is 53.7 Å². The highest BCUT2D eigenvalue weighted by Crippen LogP contribution is 2.24. The minimum atomic E-state index is -0.485. The highest BCUT2D eigenvalue weighted by Gasteiger charge is 2.18. The number of fused-ring (bicyclic) bond motifs is 1. The Morgan fingerprint density at radius 2 is 1.96 bits per heavy atom. The maximum absolute atomic E-state index is 14.5. The first kappa shape index (κ1) is 17.3. The molecule has 25 heavy (non-hydrogen) atoms. The highest BCUT2D eigenvalue weighted by atomic mass is 19.1. The van der Waals surface area contributed by atoms with Crippen molar-refractivity contribution in [2.75, 3.05) is 14.1 Å². The van der Waals surface area contributed by atoms with Crippen molar-refractivity contribution < 1.29 is 13.9 Å². The van der Waals surface area contributed by atoms with Crippen molar-refractivity contribution in [2.24, 2.45) is 0 Å². The molecule has 0 spiro atoms. The Bertz CT molecular complexity index is 963. The molecule has 129 valence electrons. The molecule has 0 saturated heterocycles. The third kappa shape index (κ3) is 3.48. The highest BCUT2D eigenvalue weighted by molar-refractivity contribution is 5.81. The molecule has 1 N–H and O–H groups in total. The molecule has 2 aromatic carbocycles. The van der Waals surface area contributed by atoms with Crippen LogP contribution in [0.4, 0.5) is 4.39 Å². The van der Waals surface area contributed by atoms with Gasteiger partial charge in [0, 0.05) is 29.5 Å². The Morgan fingerprint density at radius 1 is 1.20 bits per heavy atom. The first-order valence-corrected chi connectivity index (χ1v) is 7.97. The summed E-state index contributed by atoms with van der Waals surface area (Å²) in [6.07, 6.45) is 0.111. The van der Waals surface area contributed by atoms with E-state index < -0.39 is 11.4 Å². The van der Waals surface area contributed by atoms with E-state index in [9.17, 15) is 14.3 Å². The summed E-state index contributed by atoms with van der Waals surface area (Å²) in [5, 5.41) is 10.1. The number of hydrogen-bond acceptors (Lipinski definition) is 4. The Morgan fingerprint density at radius 3 is 2.68 bits per heavy atom. The van der Waals surface area contributed by atoms with E-state index >= 15 is 0 Å². The quantitative estimate of drug-likeness (QED) is 0.726. The Hall–Kier alpha value is -2.50. The molecular weight excluding hydrogens is 321 g/mol. The zero-order valence-electron chi connectivity index (χ0n) is 14.2. The van der Waals surface area contributed by atoms with Gasteiger partial charge in [-0.25, -0.2) is 9.18 Å². The molecule has 0 unspecified atom stereocenters. The van der Waals surface area contributed by atoms with Crippen LogP contribution in [0.2, 0.25) is 0 Å². The summed E-state index contributed by atoms with van der Waals surface area (Å²) in [6.45, 7) is 0.148. The Balaban J connectivity index is 2.18. The van der Waals surface area contributed by atoms with Gasteiger partial charge in [-0.15, -0.1) is 0 Å². The maximum atomic E-state index is 14.5. The number of halogens is 1. The molecule has 1 aromatic heterocycles. The lowest BCUT2D eigenvalue weighted by atomic mass is 9.97. The first-order valence-electron chi connectivity index (χ1n) is 7.97. The van der Waals surface area contributed by atoms with Gasteiger partial charge in [-0.05, 0) is 37.4 Å². The van der Waals surface area contributed by atoms with Crippen LogP contribution in [0.1, 0.15) is 22.3 Å². The van der Waals surface area contributed by atoms with Gasteiger partial charge >= 0.3 is 5.63 Å². The first-order chi connectivity index (χ1) is 12.0. The van der Waals surface area contributed by atoms with Crippen LogP contribution in [-0.4, -0.2) is 24.1 Å². The van der Waals surface area contributed by atoms with Crippen LogP contribution in [0.15, 0.2) is 45.6 Å². The summed E-state index contributed by atoms with van der Waals surface area (Å²) in [5.74, 6) is -0.485. The van der Waals surface area contributed by atoms with Crippen LogP contribution < -0.4 is 5.63 Å². The summed E-state index contributed by atoms with van der Waals surface area (Å²) < 4.78 is 19.9. The lowest BCUT2D eigenvalue weighted by Crippen LogP contribution is -2.19. The summed E-state index contributed by atoms with van der Waals surface area (Å²) >= 11 is 0. The van der Waals surface area contributed by atoms with Crippen LogP contribution in [0.3, 0.4) is 0 Å². The van der Waals surface area contributed by atoms with E-state index in [-0.39, 0.29) is 18.6 Å². The van der Waals surface area contributed by atoms with Gasteiger partial charge in [-0.3, -0.25) is 0 Å². The molecule has 0 fully saturated rings. The van der Waals surface area contributed by atoms with E-state index in [1.807, 2.05) is 25.1 Å². The number of aliphatic hydroxyl groups is 1. The molecule has 4 nitrogen and oxygen atoms in total. The summed E-state index contributed by atoms with van der Waals surface area (Å²) in [4.78, 5) is 14.5. The number of nitrogens with zero attached hydrogens (tertiary/aromatic N) is 1. The van der Waals surface area contributed by atoms with E-state index in [0.29, 0.717) is 23.3 Å². The minimum absolute atomic E-state index is 0.111. The molecule has 0 bridgehead atoms. The largest absolute Gasteiger partial charge is 0.422 e. The zero-order chi connectivity index (χ0) is 18.0. The average Bonchev–Trinajstić information content (AvgIpc) is 2.59. The van der Waals surface area contributed by atoms with Crippen LogP contribution in [0, 0.1) is 11.9 Å². The summed E-state index contributed by atoms with van der Waals surface area (Å²) in [7, 11) is 3.82. The number of aliphatic hydroxyl groups excluding tert-OH is 1. The smallest absolute Gasteiger partial charge is 0.340 e. The zero-order valence-corrected chi connectivity index (χ0v) is 14.2. The number of hydrogen-bond donors (Lipinski definition) is 1. The van der Waals surface area contributed by atoms with Gasteiger partial charge in [-0.1, -0.05) is 30.3 Å². The standard InChI is InChI=1S/C20H19FNO3/c1-22(2)11-17-15-8-3-4-9-18(15)25-20(24)16(17)10-13-6-5-7-14(12-23)19(13)21/h3,5-9,23H,10-12H2,1-2H3. The van der Waals surface area contributed by atoms with Gasteiger partial charge in [-0.2, -0.15) is 0 Å². The van der Waals surface area contributed by atoms with Crippen LogP contribution >= 0.6 is 0 Å². The molecule has 5 heteroatoms. The van der Waals surface area contributed by atoms with E-state index in [1.165, 1.54) is 6.07 Å². The van der Waals surface area contributed by atoms with Crippen molar-refractivity contribution in [3.8, 4) is 0 Å². The average molecular weight is 340 g/mol. The van der Waals surface area contributed by atoms with E-state index in [2.05, 4.69) is 6.07 Å². The minimum Gasteiger partial charge on any atom is -0.422 e. The molecule has 0 atom stereocenters. The second kappa shape index (κ2) is 7.17. The molecule has 0 aliphatic rings.